The summed E-state index contributed by atoms with van der Waals surface area (Å²) in [6.45, 7) is 4.29. The van der Waals surface area contributed by atoms with Crippen molar-refractivity contribution >= 4 is 14.0 Å². The first-order valence-electron chi connectivity index (χ1n) is 8.08. The summed E-state index contributed by atoms with van der Waals surface area (Å²) >= 11 is 1.27. The van der Waals surface area contributed by atoms with Gasteiger partial charge in [0.15, 0.2) is 0 Å². The Morgan fingerprint density at radius 1 is 1.08 bits per heavy atom. The van der Waals surface area contributed by atoms with Gasteiger partial charge in [-0.05, 0) is 6.42 Å². The molecule has 0 N–H and O–H groups in total. The molecule has 3 heteroatoms. The van der Waals surface area contributed by atoms with E-state index in [1.165, 1.54) is 60.3 Å². The number of hydrogen-bond acceptors (Lipinski definition) is 0. The van der Waals surface area contributed by atoms with E-state index in [0.29, 0.717) is 0 Å². The van der Waals surface area contributed by atoms with E-state index >= 15 is 0 Å². The Morgan fingerprint density at radius 2 is 1.75 bits per heavy atom. The largest absolute Gasteiger partial charge is 1.00 e. The summed E-state index contributed by atoms with van der Waals surface area (Å²) < 4.78 is 1.56. The van der Waals surface area contributed by atoms with Crippen LogP contribution in [0.15, 0.2) is 48.6 Å². The topological polar surface area (TPSA) is 0 Å². The number of allylic oxidation sites excluding steroid dienone is 4. The van der Waals surface area contributed by atoms with Crippen molar-refractivity contribution < 1.29 is 48.7 Å². The van der Waals surface area contributed by atoms with Gasteiger partial charge in [0.1, 0.15) is 0 Å². The molecule has 0 aromatic heterocycles. The Kier molecular flexibility index (Phi) is 12.7. The molecule has 2 aromatic rings. The van der Waals surface area contributed by atoms with E-state index in [1.54, 1.807) is 14.4 Å². The van der Waals surface area contributed by atoms with Gasteiger partial charge in [-0.25, -0.2) is 12.2 Å². The molecule has 2 aliphatic carbocycles. The van der Waals surface area contributed by atoms with Crippen molar-refractivity contribution in [2.75, 3.05) is 0 Å². The molecular weight excluding hydrogens is 502 g/mol. The Labute approximate surface area is 173 Å². The van der Waals surface area contributed by atoms with Crippen LogP contribution in [0.1, 0.15) is 44.2 Å². The van der Waals surface area contributed by atoms with Gasteiger partial charge >= 0.3 is 41.0 Å². The van der Waals surface area contributed by atoms with E-state index < -0.39 is 0 Å². The third kappa shape index (κ3) is 7.68. The quantitative estimate of drug-likeness (QED) is 0.321. The number of fused-ring (bicyclic) bond motifs is 3. The fraction of sp³-hybridized carbons (Fsp3) is 0.333. The van der Waals surface area contributed by atoms with E-state index in [4.69, 9.17) is 0 Å². The van der Waals surface area contributed by atoms with Crippen LogP contribution < -0.4 is 24.8 Å². The zero-order valence-electron chi connectivity index (χ0n) is 14.4. The normalized spacial score (nSPS) is 13.5. The van der Waals surface area contributed by atoms with Gasteiger partial charge in [0.25, 0.3) is 0 Å². The second kappa shape index (κ2) is 12.9. The summed E-state index contributed by atoms with van der Waals surface area (Å²) in [5.74, 6) is 0. The number of hydrogen-bond donors (Lipinski definition) is 0. The van der Waals surface area contributed by atoms with E-state index in [0.717, 1.165) is 6.42 Å². The monoisotopic (exact) mass is 526 g/mol. The molecule has 0 nitrogen and oxygen atoms in total. The molecule has 2 aliphatic rings. The minimum Gasteiger partial charge on any atom is -1.00 e. The van der Waals surface area contributed by atoms with Crippen LogP contribution >= 0.6 is 0 Å². The van der Waals surface area contributed by atoms with Crippen LogP contribution in [-0.4, -0.2) is 3.26 Å². The predicted octanol–water partition coefficient (Wildman–Crippen LogP) is -0.503. The predicted molar refractivity (Wildman–Crippen MR) is 94.1 cm³/mol. The molecule has 0 bridgehead atoms. The van der Waals surface area contributed by atoms with E-state index in [1.807, 2.05) is 12.2 Å². The Bertz CT molecular complexity index is 666. The van der Waals surface area contributed by atoms with Crippen molar-refractivity contribution in [2.24, 2.45) is 0 Å². The zero-order valence-corrected chi connectivity index (χ0v) is 19.5. The van der Waals surface area contributed by atoms with Crippen molar-refractivity contribution in [3.8, 4) is 0 Å². The summed E-state index contributed by atoms with van der Waals surface area (Å²) in [6.07, 6.45) is 15.3. The molecule has 0 atom stereocenters. The number of aryl methyl sites for hydroxylation is 2. The molecular formula is C21H24Cl2Hf-2. The van der Waals surface area contributed by atoms with Crippen LogP contribution in [-0.2, 0) is 36.7 Å². The maximum atomic E-state index is 2.99. The molecule has 0 saturated carbocycles. The van der Waals surface area contributed by atoms with Crippen LogP contribution in [0.25, 0.3) is 10.8 Å². The first-order chi connectivity index (χ1) is 10.7. The van der Waals surface area contributed by atoms with Crippen molar-refractivity contribution in [1.29, 1.82) is 0 Å². The summed E-state index contributed by atoms with van der Waals surface area (Å²) in [4.78, 5) is 0. The summed E-state index contributed by atoms with van der Waals surface area (Å²) in [7, 11) is 0. The van der Waals surface area contributed by atoms with E-state index in [2.05, 4.69) is 56.3 Å². The molecule has 2 aromatic carbocycles. The molecule has 0 fully saturated rings. The fourth-order valence-corrected chi connectivity index (χ4v) is 2.82. The first-order valence-corrected chi connectivity index (χ1v) is 9.88. The summed E-state index contributed by atoms with van der Waals surface area (Å²) in [5.41, 5.74) is 3.23. The van der Waals surface area contributed by atoms with Crippen molar-refractivity contribution in [2.45, 2.75) is 46.0 Å². The molecule has 24 heavy (non-hydrogen) atoms. The maximum absolute atomic E-state index is 2.99. The molecule has 0 spiro atoms. The standard InChI is InChI=1S/C13H13.C5H5.C3H6.2ClH.Hf/c1-3-7-12-10(5-1)9-11-6-2-4-8-13(11)12;1-2-4-5-3-1;1-3-2;;;/h1,3,5,7,9H,2,4,6,8H2;1-3H,4H2;1-2H3;2*1H;/q2*-1;;;;+2/p-2. The molecule has 0 unspecified atom stereocenters. The van der Waals surface area contributed by atoms with Crippen LogP contribution in [0.3, 0.4) is 0 Å². The van der Waals surface area contributed by atoms with Crippen molar-refractivity contribution in [3.63, 3.8) is 0 Å². The van der Waals surface area contributed by atoms with Gasteiger partial charge in [-0.1, -0.05) is 25.3 Å². The minimum atomic E-state index is 0. The van der Waals surface area contributed by atoms with Crippen LogP contribution in [0.2, 0.25) is 0 Å². The van der Waals surface area contributed by atoms with Gasteiger partial charge in [0, 0.05) is 0 Å². The number of halogens is 2. The smallest absolute Gasteiger partial charge is 0.0456 e. The molecule has 4 rings (SSSR count). The Morgan fingerprint density at radius 3 is 2.33 bits per heavy atom. The molecule has 0 aliphatic heterocycles. The average Bonchev–Trinajstić information content (AvgIpc) is 3.18. The van der Waals surface area contributed by atoms with Crippen LogP contribution in [0.5, 0.6) is 0 Å². The van der Waals surface area contributed by atoms with Crippen LogP contribution in [0.4, 0.5) is 0 Å². The second-order valence-electron chi connectivity index (χ2n) is 5.95. The van der Waals surface area contributed by atoms with E-state index in [-0.39, 0.29) is 24.8 Å². The first kappa shape index (κ1) is 23.6. The fourth-order valence-electron chi connectivity index (χ4n) is 2.82. The summed E-state index contributed by atoms with van der Waals surface area (Å²) in [5, 5.41) is 2.94. The SMILES string of the molecule is C[C](C)=[Hf+2].[C-]1=CC=CC1.[Cl-].[Cl-].c1ccc2c3c([cH-]c2c1)CCCC3. The Balaban J connectivity index is 0.000000409. The van der Waals surface area contributed by atoms with Gasteiger partial charge in [-0.3, -0.25) is 6.08 Å². The number of rotatable bonds is 0. The molecule has 0 radical (unpaired) electrons. The molecule has 0 saturated heterocycles. The summed E-state index contributed by atoms with van der Waals surface area (Å²) in [6, 6.07) is 11.2. The molecule has 0 amide bonds. The van der Waals surface area contributed by atoms with Crippen LogP contribution in [0, 0.1) is 6.08 Å². The number of benzene rings is 1. The maximum Gasteiger partial charge on any atom is -0.0456 e. The van der Waals surface area contributed by atoms with Gasteiger partial charge in [-0.2, -0.15) is 11.6 Å². The van der Waals surface area contributed by atoms with Crippen molar-refractivity contribution in [3.05, 3.63) is 65.8 Å². The van der Waals surface area contributed by atoms with Gasteiger partial charge < -0.3 is 24.8 Å². The van der Waals surface area contributed by atoms with Gasteiger partial charge in [-0.15, -0.1) is 47.0 Å². The third-order valence-electron chi connectivity index (χ3n) is 3.71. The average molecular weight is 526 g/mol. The van der Waals surface area contributed by atoms with Crippen molar-refractivity contribution in [1.82, 2.24) is 0 Å². The third-order valence-corrected chi connectivity index (χ3v) is 3.71. The second-order valence-corrected chi connectivity index (χ2v) is 9.54. The molecule has 128 valence electrons. The Hall–Kier alpha value is -0.370. The van der Waals surface area contributed by atoms with Gasteiger partial charge in [0.05, 0.1) is 0 Å². The molecule has 0 heterocycles. The zero-order chi connectivity index (χ0) is 15.8. The van der Waals surface area contributed by atoms with E-state index in [9.17, 15) is 0 Å². The van der Waals surface area contributed by atoms with Gasteiger partial charge in [0.2, 0.25) is 0 Å². The minimum absolute atomic E-state index is 0.